The highest BCUT2D eigenvalue weighted by Crippen LogP contribution is 2.84. The number of ketones is 1. The summed E-state index contributed by atoms with van der Waals surface area (Å²) in [6.07, 6.45) is 1.19. The molecular formula is C21H23N3O4. The molecule has 8 fully saturated rings. The van der Waals surface area contributed by atoms with Gasteiger partial charge in [-0.3, -0.25) is 9.69 Å². The van der Waals surface area contributed by atoms with Gasteiger partial charge in [0.05, 0.1) is 41.9 Å². The lowest BCUT2D eigenvalue weighted by atomic mass is 9.38. The number of nitrogens with one attached hydrogen (secondary N) is 1. The van der Waals surface area contributed by atoms with Crippen molar-refractivity contribution in [3.8, 4) is 5.75 Å². The van der Waals surface area contributed by atoms with Crippen LogP contribution in [0.4, 0.5) is 5.69 Å². The zero-order chi connectivity index (χ0) is 18.8. The molecule has 5 heterocycles. The number of rotatable bonds is 1. The number of nitrogens with zero attached hydrogens (tertiary/aromatic N) is 1. The molecule has 4 N–H and O–H groups in total. The van der Waals surface area contributed by atoms with Crippen molar-refractivity contribution in [2.45, 2.75) is 60.2 Å². The van der Waals surface area contributed by atoms with Crippen LogP contribution in [-0.2, 0) is 14.9 Å². The minimum atomic E-state index is -1.11. The lowest BCUT2D eigenvalue weighted by molar-refractivity contribution is -0.318. The Labute approximate surface area is 162 Å². The van der Waals surface area contributed by atoms with Gasteiger partial charge in [-0.2, -0.15) is 0 Å². The van der Waals surface area contributed by atoms with Gasteiger partial charge in [-0.15, -0.1) is 0 Å². The Kier molecular flexibility index (Phi) is 2.10. The molecule has 0 amide bonds. The van der Waals surface area contributed by atoms with Crippen molar-refractivity contribution in [3.05, 3.63) is 23.8 Å². The Morgan fingerprint density at radius 2 is 2.25 bits per heavy atom. The van der Waals surface area contributed by atoms with Crippen molar-refractivity contribution in [2.75, 3.05) is 19.0 Å². The van der Waals surface area contributed by atoms with E-state index in [1.807, 2.05) is 12.1 Å². The molecule has 28 heavy (non-hydrogen) atoms. The Morgan fingerprint density at radius 3 is 3.07 bits per heavy atom. The van der Waals surface area contributed by atoms with Crippen molar-refractivity contribution in [3.63, 3.8) is 0 Å². The van der Waals surface area contributed by atoms with Crippen molar-refractivity contribution in [1.82, 2.24) is 4.90 Å². The van der Waals surface area contributed by atoms with E-state index in [0.717, 1.165) is 42.8 Å². The Morgan fingerprint density at radius 1 is 1.39 bits per heavy atom. The van der Waals surface area contributed by atoms with Crippen molar-refractivity contribution >= 4 is 11.5 Å². The fourth-order valence-corrected chi connectivity index (χ4v) is 9.43. The second-order valence-corrected chi connectivity index (χ2v) is 9.96. The summed E-state index contributed by atoms with van der Waals surface area (Å²) in [7, 11) is 1.68. The zero-order valence-electron chi connectivity index (χ0n) is 15.6. The quantitative estimate of drug-likeness (QED) is 0.628. The Bertz CT molecular complexity index is 1020. The standard InChI is InChI=1S/C21H23N3O4/c1-27-10-4-2-3-9-13(10)23-19-7-6-18-11(25)5-8-24-15-12(20(9,19)16(18)24)14(26)21(19,22)17(18)28-15/h2-4,11-12,15-17,23,25H,5-8,22H2,1H3/t11-,12?,15-,16-,17+,18?,19-,20-,21-/m0/s1. The third-order valence-electron chi connectivity index (χ3n) is 9.90. The Hall–Kier alpha value is -1.67. The third kappa shape index (κ3) is 0.962. The first kappa shape index (κ1) is 15.2. The van der Waals surface area contributed by atoms with Gasteiger partial charge in [-0.25, -0.2) is 0 Å². The van der Waals surface area contributed by atoms with E-state index in [4.69, 9.17) is 15.2 Å². The maximum atomic E-state index is 13.9. The maximum Gasteiger partial charge on any atom is 0.165 e. The van der Waals surface area contributed by atoms with Gasteiger partial charge < -0.3 is 25.6 Å². The topological polar surface area (TPSA) is 97.0 Å². The van der Waals surface area contributed by atoms with Crippen molar-refractivity contribution in [1.29, 1.82) is 0 Å². The average Bonchev–Trinajstić information content (AvgIpc) is 3.18. The van der Waals surface area contributed by atoms with Gasteiger partial charge in [0, 0.05) is 18.0 Å². The highest BCUT2D eigenvalue weighted by molar-refractivity contribution is 6.05. The monoisotopic (exact) mass is 381 g/mol. The molecular weight excluding hydrogens is 358 g/mol. The highest BCUT2D eigenvalue weighted by Gasteiger charge is 2.98. The van der Waals surface area contributed by atoms with E-state index < -0.39 is 34.1 Å². The molecule has 1 aromatic carbocycles. The van der Waals surface area contributed by atoms with Gasteiger partial charge in [0.15, 0.2) is 5.78 Å². The minimum absolute atomic E-state index is 0.0789. The molecule has 10 rings (SSSR count). The number of para-hydroxylation sites is 1. The van der Waals surface area contributed by atoms with Crippen molar-refractivity contribution < 1.29 is 19.4 Å². The summed E-state index contributed by atoms with van der Waals surface area (Å²) in [6, 6.07) is 6.20. The number of carbonyl (C=O) groups excluding carboxylic acids is 1. The van der Waals surface area contributed by atoms with Crippen LogP contribution in [0.25, 0.3) is 0 Å². The summed E-state index contributed by atoms with van der Waals surface area (Å²) in [6.45, 7) is 0.767. The number of aliphatic hydroxyl groups is 1. The lowest BCUT2D eigenvalue weighted by Crippen LogP contribution is -2.92. The van der Waals surface area contributed by atoms with E-state index in [-0.39, 0.29) is 24.0 Å². The summed E-state index contributed by atoms with van der Waals surface area (Å²) in [4.78, 5) is 16.3. The SMILES string of the molecule is COc1cccc2c1N[C@]13CCC45[C@H]6O[C@H]7C(C(=O)[C@]61N)[C@]23[C@H]4N7CC[C@@H]5O. The summed E-state index contributed by atoms with van der Waals surface area (Å²) >= 11 is 0. The number of methoxy groups -OCH3 is 1. The summed E-state index contributed by atoms with van der Waals surface area (Å²) < 4.78 is 12.3. The Balaban J connectivity index is 1.56. The first-order valence-electron chi connectivity index (χ1n) is 10.4. The molecule has 0 radical (unpaired) electrons. The van der Waals surface area contributed by atoms with Crippen LogP contribution < -0.4 is 15.8 Å². The number of hydrogen-bond donors (Lipinski definition) is 3. The fraction of sp³-hybridized carbons (Fsp3) is 0.667. The van der Waals surface area contributed by atoms with Crippen LogP contribution in [0.15, 0.2) is 18.2 Å². The normalized spacial score (nSPS) is 60.2. The number of Topliss-reactive ketones (excluding diaryl/α,β-unsaturated/α-hetero) is 1. The first-order valence-corrected chi connectivity index (χ1v) is 10.4. The fourth-order valence-electron chi connectivity index (χ4n) is 9.43. The van der Waals surface area contributed by atoms with E-state index >= 15 is 0 Å². The molecule has 4 saturated carbocycles. The van der Waals surface area contributed by atoms with Gasteiger partial charge in [0.25, 0.3) is 0 Å². The van der Waals surface area contributed by atoms with E-state index in [9.17, 15) is 9.90 Å². The number of benzene rings is 1. The number of carbonyl (C=O) groups is 1. The van der Waals surface area contributed by atoms with Crippen LogP contribution in [0.1, 0.15) is 24.8 Å². The molecule has 10 atom stereocenters. The number of piperidine rings is 1. The summed E-state index contributed by atoms with van der Waals surface area (Å²) in [5.74, 6) is 0.651. The molecule has 3 spiro atoms. The molecule has 3 unspecified atom stereocenters. The van der Waals surface area contributed by atoms with Gasteiger partial charge in [0.1, 0.15) is 17.5 Å². The van der Waals surface area contributed by atoms with Crippen LogP contribution in [0.3, 0.4) is 0 Å². The van der Waals surface area contributed by atoms with Crippen LogP contribution >= 0.6 is 0 Å². The molecule has 7 heteroatoms. The van der Waals surface area contributed by atoms with E-state index in [1.54, 1.807) is 7.11 Å². The smallest absolute Gasteiger partial charge is 0.165 e. The van der Waals surface area contributed by atoms with E-state index in [1.165, 1.54) is 0 Å². The minimum Gasteiger partial charge on any atom is -0.495 e. The van der Waals surface area contributed by atoms with Crippen molar-refractivity contribution in [2.24, 2.45) is 17.1 Å². The lowest BCUT2D eigenvalue weighted by Gasteiger charge is -2.74. The summed E-state index contributed by atoms with van der Waals surface area (Å²) in [5.41, 5.74) is 6.62. The number of anilines is 1. The second-order valence-electron chi connectivity index (χ2n) is 9.96. The molecule has 9 aliphatic rings. The van der Waals surface area contributed by atoms with Crippen LogP contribution in [0.2, 0.25) is 0 Å². The number of hydrogen-bond acceptors (Lipinski definition) is 7. The highest BCUT2D eigenvalue weighted by atomic mass is 16.5. The molecule has 9 bridgehead atoms. The van der Waals surface area contributed by atoms with Gasteiger partial charge >= 0.3 is 0 Å². The molecule has 4 aliphatic carbocycles. The maximum absolute atomic E-state index is 13.9. The molecule has 4 saturated heterocycles. The van der Waals surface area contributed by atoms with Crippen LogP contribution in [0.5, 0.6) is 5.75 Å². The second kappa shape index (κ2) is 3.86. The predicted octanol–water partition coefficient (Wildman–Crippen LogP) is -0.0388. The molecule has 7 nitrogen and oxygen atoms in total. The van der Waals surface area contributed by atoms with Gasteiger partial charge in [-0.05, 0) is 30.9 Å². The zero-order valence-corrected chi connectivity index (χ0v) is 15.6. The average molecular weight is 381 g/mol. The molecule has 0 aromatic heterocycles. The number of fused-ring (bicyclic) bond motifs is 2. The van der Waals surface area contributed by atoms with E-state index in [2.05, 4.69) is 16.3 Å². The number of ether oxygens (including phenoxy) is 2. The van der Waals surface area contributed by atoms with E-state index in [0.29, 0.717) is 0 Å². The predicted molar refractivity (Wildman–Crippen MR) is 97.9 cm³/mol. The van der Waals surface area contributed by atoms with Gasteiger partial charge in [-0.1, -0.05) is 12.1 Å². The van der Waals surface area contributed by atoms with Crippen LogP contribution in [0, 0.1) is 11.3 Å². The third-order valence-corrected chi connectivity index (χ3v) is 9.90. The molecule has 5 aliphatic heterocycles. The molecule has 146 valence electrons. The number of nitrogens with two attached hydrogens (primary N) is 1. The number of aliphatic hydroxyl groups excluding tert-OH is 1. The van der Waals surface area contributed by atoms with Crippen LogP contribution in [-0.4, -0.2) is 65.0 Å². The largest absolute Gasteiger partial charge is 0.495 e. The summed E-state index contributed by atoms with van der Waals surface area (Å²) in [5, 5.41) is 15.1. The van der Waals surface area contributed by atoms with Gasteiger partial charge in [0.2, 0.25) is 0 Å². The molecule has 1 aromatic rings. The first-order chi connectivity index (χ1) is 13.5.